The van der Waals surface area contributed by atoms with Crippen molar-refractivity contribution >= 4 is 18.3 Å². The fraction of sp³-hybridized carbons (Fsp3) is 0.611. The molecule has 0 aromatic heterocycles. The van der Waals surface area contributed by atoms with Gasteiger partial charge < -0.3 is 19.7 Å². The third kappa shape index (κ3) is 5.14. The van der Waals surface area contributed by atoms with E-state index in [1.165, 1.54) is 12.5 Å². The van der Waals surface area contributed by atoms with Crippen molar-refractivity contribution < 1.29 is 18.7 Å². The molecule has 0 spiro atoms. The van der Waals surface area contributed by atoms with Crippen LogP contribution < -0.4 is 5.32 Å². The van der Waals surface area contributed by atoms with Gasteiger partial charge in [-0.25, -0.2) is 4.39 Å². The Hall–Kier alpha value is -1.21. The Morgan fingerprint density at radius 3 is 2.88 bits per heavy atom. The largest absolute Gasteiger partial charge is 0.382 e. The van der Waals surface area contributed by atoms with E-state index < -0.39 is 0 Å². The van der Waals surface area contributed by atoms with Crippen LogP contribution in [-0.2, 0) is 16.1 Å². The summed E-state index contributed by atoms with van der Waals surface area (Å²) in [5.74, 6) is -0.372. The first-order valence-corrected chi connectivity index (χ1v) is 8.58. The lowest BCUT2D eigenvalue weighted by Gasteiger charge is -2.24. The summed E-state index contributed by atoms with van der Waals surface area (Å²) in [7, 11) is 1.59. The second-order valence-electron chi connectivity index (χ2n) is 6.53. The molecule has 2 atom stereocenters. The molecule has 140 valence electrons. The predicted molar refractivity (Wildman–Crippen MR) is 95.6 cm³/mol. The Labute approximate surface area is 154 Å². The summed E-state index contributed by atoms with van der Waals surface area (Å²) in [6.07, 6.45) is 3.30. The zero-order valence-corrected chi connectivity index (χ0v) is 15.3. The van der Waals surface area contributed by atoms with Gasteiger partial charge in [-0.05, 0) is 37.5 Å². The van der Waals surface area contributed by atoms with Crippen LogP contribution in [0, 0.1) is 5.82 Å². The number of fused-ring (bicyclic) bond motifs is 2. The molecule has 2 aliphatic heterocycles. The van der Waals surface area contributed by atoms with Crippen molar-refractivity contribution in [1.29, 1.82) is 0 Å². The number of carbonyl (C=O) groups is 1. The van der Waals surface area contributed by atoms with E-state index >= 15 is 0 Å². The molecule has 7 heteroatoms. The summed E-state index contributed by atoms with van der Waals surface area (Å²) in [6.45, 7) is 2.48. The fourth-order valence-corrected chi connectivity index (χ4v) is 3.45. The van der Waals surface area contributed by atoms with Crippen LogP contribution in [-0.4, -0.2) is 56.3 Å². The molecule has 2 bridgehead atoms. The topological polar surface area (TPSA) is 50.8 Å². The van der Waals surface area contributed by atoms with E-state index in [4.69, 9.17) is 9.47 Å². The zero-order chi connectivity index (χ0) is 16.9. The highest BCUT2D eigenvalue weighted by atomic mass is 35.5. The van der Waals surface area contributed by atoms with E-state index in [1.807, 2.05) is 4.90 Å². The smallest absolute Gasteiger partial charge is 0.253 e. The van der Waals surface area contributed by atoms with Crippen LogP contribution in [0.5, 0.6) is 0 Å². The number of halogens is 2. The second kappa shape index (κ2) is 9.48. The second-order valence-corrected chi connectivity index (χ2v) is 6.53. The molecule has 2 heterocycles. The third-order valence-corrected chi connectivity index (χ3v) is 4.79. The summed E-state index contributed by atoms with van der Waals surface area (Å²) in [5.41, 5.74) is 0.936. The minimum atomic E-state index is -0.347. The summed E-state index contributed by atoms with van der Waals surface area (Å²) >= 11 is 0. The van der Waals surface area contributed by atoms with Crippen molar-refractivity contribution in [2.45, 2.75) is 38.0 Å². The highest BCUT2D eigenvalue weighted by molar-refractivity contribution is 5.94. The number of carbonyl (C=O) groups excluding carboxylic acids is 1. The third-order valence-electron chi connectivity index (χ3n) is 4.79. The molecule has 1 amide bonds. The predicted octanol–water partition coefficient (Wildman–Crippen LogP) is 2.38. The van der Waals surface area contributed by atoms with Gasteiger partial charge in [-0.1, -0.05) is 0 Å². The summed E-state index contributed by atoms with van der Waals surface area (Å²) < 4.78 is 24.2. The number of rotatable bonds is 6. The number of likely N-dealkylation sites (tertiary alicyclic amines) is 1. The van der Waals surface area contributed by atoms with Crippen LogP contribution in [0.3, 0.4) is 0 Å². The van der Waals surface area contributed by atoms with E-state index in [-0.39, 0.29) is 30.7 Å². The molecule has 2 fully saturated rings. The number of hydrogen-bond acceptors (Lipinski definition) is 4. The molecule has 2 saturated heterocycles. The maximum atomic E-state index is 13.9. The quantitative estimate of drug-likeness (QED) is 0.779. The standard InChI is InChI=1S/C18H25FN2O3.ClH/c1-23-8-9-24-12-14-10-13(2-5-17(14)19)18(22)21-7-6-15-3-4-16(11-21)20-15;/h2,5,10,15-16,20H,3-4,6-9,11-12H2,1H3;1H. The van der Waals surface area contributed by atoms with Crippen LogP contribution in [0.1, 0.15) is 35.2 Å². The number of hydrogen-bond donors (Lipinski definition) is 1. The maximum absolute atomic E-state index is 13.9. The molecule has 2 unspecified atom stereocenters. The first-order valence-electron chi connectivity index (χ1n) is 8.58. The van der Waals surface area contributed by atoms with Crippen LogP contribution >= 0.6 is 12.4 Å². The molecule has 1 aromatic carbocycles. The Kier molecular flexibility index (Phi) is 7.62. The number of methoxy groups -OCH3 is 1. The molecule has 3 rings (SSSR count). The summed E-state index contributed by atoms with van der Waals surface area (Å²) in [4.78, 5) is 14.7. The van der Waals surface area contributed by atoms with Gasteiger partial charge in [0.25, 0.3) is 5.91 Å². The van der Waals surface area contributed by atoms with Gasteiger partial charge in [-0.3, -0.25) is 4.79 Å². The molecule has 2 aliphatic rings. The highest BCUT2D eigenvalue weighted by Crippen LogP contribution is 2.22. The maximum Gasteiger partial charge on any atom is 0.253 e. The first kappa shape index (κ1) is 20.1. The molecular formula is C18H26ClFN2O3. The molecular weight excluding hydrogens is 347 g/mol. The normalized spacial score (nSPS) is 22.4. The van der Waals surface area contributed by atoms with Gasteiger partial charge in [-0.2, -0.15) is 0 Å². The van der Waals surface area contributed by atoms with Gasteiger partial charge in [0, 0.05) is 43.4 Å². The van der Waals surface area contributed by atoms with Gasteiger partial charge in [0.15, 0.2) is 0 Å². The van der Waals surface area contributed by atoms with Crippen LogP contribution in [0.4, 0.5) is 4.39 Å². The zero-order valence-electron chi connectivity index (χ0n) is 14.5. The van der Waals surface area contributed by atoms with Gasteiger partial charge in [0.05, 0.1) is 19.8 Å². The van der Waals surface area contributed by atoms with Crippen molar-refractivity contribution in [2.75, 3.05) is 33.4 Å². The Morgan fingerprint density at radius 1 is 1.28 bits per heavy atom. The van der Waals surface area contributed by atoms with E-state index in [0.717, 1.165) is 25.9 Å². The van der Waals surface area contributed by atoms with E-state index in [1.54, 1.807) is 19.2 Å². The molecule has 1 aromatic rings. The van der Waals surface area contributed by atoms with Crippen molar-refractivity contribution in [3.63, 3.8) is 0 Å². The number of nitrogens with one attached hydrogen (secondary N) is 1. The minimum absolute atomic E-state index is 0. The molecule has 25 heavy (non-hydrogen) atoms. The number of benzene rings is 1. The Bertz CT molecular complexity index is 587. The SMILES string of the molecule is COCCOCc1cc(C(=O)N2CCC3CCC(C2)N3)ccc1F.Cl. The van der Waals surface area contributed by atoms with Crippen molar-refractivity contribution in [3.05, 3.63) is 35.1 Å². The minimum Gasteiger partial charge on any atom is -0.382 e. The average molecular weight is 373 g/mol. The van der Waals surface area contributed by atoms with E-state index in [2.05, 4.69) is 5.32 Å². The van der Waals surface area contributed by atoms with E-state index in [9.17, 15) is 9.18 Å². The van der Waals surface area contributed by atoms with Gasteiger partial charge in [0.2, 0.25) is 0 Å². The Morgan fingerprint density at radius 2 is 2.08 bits per heavy atom. The lowest BCUT2D eigenvalue weighted by atomic mass is 10.1. The van der Waals surface area contributed by atoms with Crippen molar-refractivity contribution in [2.24, 2.45) is 0 Å². The molecule has 1 N–H and O–H groups in total. The summed E-state index contributed by atoms with van der Waals surface area (Å²) in [5, 5.41) is 3.56. The van der Waals surface area contributed by atoms with Crippen LogP contribution in [0.25, 0.3) is 0 Å². The highest BCUT2D eigenvalue weighted by Gasteiger charge is 2.31. The first-order chi connectivity index (χ1) is 11.7. The van der Waals surface area contributed by atoms with Gasteiger partial charge in [0.1, 0.15) is 5.82 Å². The number of amides is 1. The monoisotopic (exact) mass is 372 g/mol. The van der Waals surface area contributed by atoms with E-state index in [0.29, 0.717) is 36.4 Å². The molecule has 0 radical (unpaired) electrons. The van der Waals surface area contributed by atoms with Crippen LogP contribution in [0.2, 0.25) is 0 Å². The lowest BCUT2D eigenvalue weighted by molar-refractivity contribution is 0.0603. The fourth-order valence-electron chi connectivity index (χ4n) is 3.45. The lowest BCUT2D eigenvalue weighted by Crippen LogP contribution is -2.39. The van der Waals surface area contributed by atoms with Crippen molar-refractivity contribution in [1.82, 2.24) is 10.2 Å². The number of nitrogens with zero attached hydrogens (tertiary/aromatic N) is 1. The molecule has 5 nitrogen and oxygen atoms in total. The number of ether oxygens (including phenoxy) is 2. The molecule has 0 aliphatic carbocycles. The van der Waals surface area contributed by atoms with Crippen molar-refractivity contribution in [3.8, 4) is 0 Å². The van der Waals surface area contributed by atoms with Gasteiger partial charge >= 0.3 is 0 Å². The van der Waals surface area contributed by atoms with Crippen LogP contribution in [0.15, 0.2) is 18.2 Å². The van der Waals surface area contributed by atoms with Gasteiger partial charge in [-0.15, -0.1) is 12.4 Å². The Balaban J connectivity index is 0.00000225. The average Bonchev–Trinajstić information content (AvgIpc) is 2.91. The summed E-state index contributed by atoms with van der Waals surface area (Å²) in [6, 6.07) is 5.45. The molecule has 0 saturated carbocycles.